The second-order valence-corrected chi connectivity index (χ2v) is 8.97. The third-order valence-corrected chi connectivity index (χ3v) is 6.27. The average Bonchev–Trinajstić information content (AvgIpc) is 2.83. The van der Waals surface area contributed by atoms with Crippen LogP contribution in [0.25, 0.3) is 10.9 Å². The number of rotatable bonds is 5. The van der Waals surface area contributed by atoms with E-state index in [0.717, 1.165) is 34.9 Å². The monoisotopic (exact) mass is 569 g/mol. The molecule has 1 amide bonds. The molecule has 0 saturated carbocycles. The summed E-state index contributed by atoms with van der Waals surface area (Å²) < 4.78 is 58.8. The number of alkyl halides is 3. The van der Waals surface area contributed by atoms with Gasteiger partial charge in [0.15, 0.2) is 5.75 Å². The minimum Gasteiger partial charge on any atom is -0.505 e. The van der Waals surface area contributed by atoms with E-state index in [-0.39, 0.29) is 43.6 Å². The SMILES string of the molecule is Cc1nc2c(F)ccc(NC(=O)c3cc(Cl)c(O)c(Cl)c3)c2c(=O)n1[C@@H](C)c1ccccc1OC(F)(F)F. The molecule has 0 radical (unpaired) electrons. The topological polar surface area (TPSA) is 93.5 Å². The Morgan fingerprint density at radius 2 is 1.76 bits per heavy atom. The molecule has 2 N–H and O–H groups in total. The Labute approximate surface area is 222 Å². The number of hydrogen-bond donors (Lipinski definition) is 2. The van der Waals surface area contributed by atoms with Crippen LogP contribution in [-0.2, 0) is 0 Å². The van der Waals surface area contributed by atoms with Crippen LogP contribution < -0.4 is 15.6 Å². The standard InChI is InChI=1S/C25H17Cl2F4N3O4/c1-11(14-5-3-4-6-19(14)38-25(29,30)31)34-12(2)32-21-17(28)7-8-18(20(21)24(34)37)33-23(36)13-9-15(26)22(35)16(27)10-13/h3-11,35H,1-2H3,(H,33,36)/t11-/m0/s1. The van der Waals surface area contributed by atoms with Crippen LogP contribution >= 0.6 is 23.2 Å². The molecule has 0 unspecified atom stereocenters. The minimum atomic E-state index is -4.97. The van der Waals surface area contributed by atoms with E-state index in [2.05, 4.69) is 15.0 Å². The third-order valence-electron chi connectivity index (χ3n) is 5.69. The molecule has 3 aromatic carbocycles. The maximum absolute atomic E-state index is 14.7. The highest BCUT2D eigenvalue weighted by atomic mass is 35.5. The van der Waals surface area contributed by atoms with Gasteiger partial charge in [-0.15, -0.1) is 13.2 Å². The smallest absolute Gasteiger partial charge is 0.505 e. The fraction of sp³-hybridized carbons (Fsp3) is 0.160. The lowest BCUT2D eigenvalue weighted by Crippen LogP contribution is -2.29. The number of nitrogens with one attached hydrogen (secondary N) is 1. The van der Waals surface area contributed by atoms with Crippen molar-refractivity contribution in [3.63, 3.8) is 0 Å². The van der Waals surface area contributed by atoms with Crippen molar-refractivity contribution in [1.29, 1.82) is 0 Å². The van der Waals surface area contributed by atoms with E-state index in [1.54, 1.807) is 0 Å². The highest BCUT2D eigenvalue weighted by Crippen LogP contribution is 2.34. The molecule has 4 aromatic rings. The molecule has 13 heteroatoms. The number of anilines is 1. The first-order chi connectivity index (χ1) is 17.8. The molecular weight excluding hydrogens is 553 g/mol. The van der Waals surface area contributed by atoms with Gasteiger partial charge in [-0.1, -0.05) is 41.4 Å². The number of hydrogen-bond acceptors (Lipinski definition) is 5. The summed E-state index contributed by atoms with van der Waals surface area (Å²) in [5.74, 6) is -2.58. The molecule has 0 bridgehead atoms. The fourth-order valence-electron chi connectivity index (χ4n) is 4.01. The largest absolute Gasteiger partial charge is 0.573 e. The van der Waals surface area contributed by atoms with E-state index in [4.69, 9.17) is 23.2 Å². The van der Waals surface area contributed by atoms with Crippen molar-refractivity contribution in [3.05, 3.63) is 91.7 Å². The molecule has 198 valence electrons. The maximum Gasteiger partial charge on any atom is 0.573 e. The van der Waals surface area contributed by atoms with Gasteiger partial charge in [-0.05, 0) is 44.2 Å². The van der Waals surface area contributed by atoms with Gasteiger partial charge in [-0.25, -0.2) is 9.37 Å². The Kier molecular flexibility index (Phi) is 7.26. The zero-order chi connectivity index (χ0) is 27.9. The molecule has 0 spiro atoms. The Morgan fingerprint density at radius 1 is 1.13 bits per heavy atom. The van der Waals surface area contributed by atoms with Crippen molar-refractivity contribution < 1.29 is 32.2 Å². The summed E-state index contributed by atoms with van der Waals surface area (Å²) in [5.41, 5.74) is -1.34. The number of phenols is 1. The average molecular weight is 570 g/mol. The molecule has 7 nitrogen and oxygen atoms in total. The molecule has 4 rings (SSSR count). The van der Waals surface area contributed by atoms with E-state index < -0.39 is 41.2 Å². The van der Waals surface area contributed by atoms with Crippen molar-refractivity contribution in [2.24, 2.45) is 0 Å². The first-order valence-corrected chi connectivity index (χ1v) is 11.6. The number of ether oxygens (including phenoxy) is 1. The number of phenolic OH excluding ortho intramolecular Hbond substituents is 1. The van der Waals surface area contributed by atoms with Crippen LogP contribution in [0.5, 0.6) is 11.5 Å². The van der Waals surface area contributed by atoms with Crippen LogP contribution in [-0.4, -0.2) is 26.9 Å². The normalized spacial score (nSPS) is 12.4. The quantitative estimate of drug-likeness (QED) is 0.263. The number of benzene rings is 3. The molecule has 0 aliphatic rings. The summed E-state index contributed by atoms with van der Waals surface area (Å²) >= 11 is 11.8. The summed E-state index contributed by atoms with van der Waals surface area (Å²) in [6, 6.07) is 8.68. The van der Waals surface area contributed by atoms with Gasteiger partial charge in [0.05, 0.1) is 27.2 Å². The van der Waals surface area contributed by atoms with Crippen LogP contribution in [0.2, 0.25) is 10.0 Å². The van der Waals surface area contributed by atoms with Crippen molar-refractivity contribution in [2.75, 3.05) is 5.32 Å². The number of aryl methyl sites for hydroxylation is 1. The van der Waals surface area contributed by atoms with Gasteiger partial charge < -0.3 is 15.2 Å². The summed E-state index contributed by atoms with van der Waals surface area (Å²) in [6.07, 6.45) is -4.97. The molecule has 0 aliphatic heterocycles. The Bertz CT molecular complexity index is 1620. The summed E-state index contributed by atoms with van der Waals surface area (Å²) in [4.78, 5) is 30.7. The molecule has 1 aromatic heterocycles. The number of nitrogens with zero attached hydrogens (tertiary/aromatic N) is 2. The second-order valence-electron chi connectivity index (χ2n) is 8.16. The number of carbonyl (C=O) groups excluding carboxylic acids is 1. The van der Waals surface area contributed by atoms with E-state index in [1.807, 2.05) is 0 Å². The van der Waals surface area contributed by atoms with E-state index >= 15 is 0 Å². The van der Waals surface area contributed by atoms with Crippen LogP contribution in [0, 0.1) is 12.7 Å². The number of carbonyl (C=O) groups is 1. The van der Waals surface area contributed by atoms with Crippen molar-refractivity contribution in [2.45, 2.75) is 26.3 Å². The van der Waals surface area contributed by atoms with Crippen LogP contribution in [0.1, 0.15) is 34.7 Å². The van der Waals surface area contributed by atoms with Crippen molar-refractivity contribution >= 4 is 45.7 Å². The number of aromatic hydroxyl groups is 1. The maximum atomic E-state index is 14.7. The molecule has 0 fully saturated rings. The molecule has 1 atom stereocenters. The third kappa shape index (κ3) is 5.25. The van der Waals surface area contributed by atoms with Gasteiger partial charge >= 0.3 is 6.36 Å². The number of halogens is 6. The first kappa shape index (κ1) is 27.2. The molecule has 38 heavy (non-hydrogen) atoms. The Hall–Kier alpha value is -3.83. The number of para-hydroxylation sites is 1. The molecule has 1 heterocycles. The zero-order valence-electron chi connectivity index (χ0n) is 19.5. The van der Waals surface area contributed by atoms with E-state index in [9.17, 15) is 32.3 Å². The highest BCUT2D eigenvalue weighted by Gasteiger charge is 2.33. The predicted molar refractivity (Wildman–Crippen MR) is 134 cm³/mol. The van der Waals surface area contributed by atoms with Crippen LogP contribution in [0.3, 0.4) is 0 Å². The lowest BCUT2D eigenvalue weighted by atomic mass is 10.1. The number of fused-ring (bicyclic) bond motifs is 1. The van der Waals surface area contributed by atoms with Crippen molar-refractivity contribution in [1.82, 2.24) is 9.55 Å². The second kappa shape index (κ2) is 10.1. The first-order valence-electron chi connectivity index (χ1n) is 10.8. The van der Waals surface area contributed by atoms with Gasteiger partial charge in [-0.2, -0.15) is 0 Å². The highest BCUT2D eigenvalue weighted by molar-refractivity contribution is 6.37. The van der Waals surface area contributed by atoms with E-state index in [0.29, 0.717) is 0 Å². The Balaban J connectivity index is 1.85. The lowest BCUT2D eigenvalue weighted by Gasteiger charge is -2.22. The lowest BCUT2D eigenvalue weighted by molar-refractivity contribution is -0.275. The molecular formula is C25H17Cl2F4N3O4. The number of amides is 1. The van der Waals surface area contributed by atoms with E-state index in [1.165, 1.54) is 32.0 Å². The summed E-state index contributed by atoms with van der Waals surface area (Å²) in [6.45, 7) is 2.86. The van der Waals surface area contributed by atoms with Gasteiger partial charge in [0.1, 0.15) is 22.9 Å². The summed E-state index contributed by atoms with van der Waals surface area (Å²) in [7, 11) is 0. The molecule has 0 aliphatic carbocycles. The van der Waals surface area contributed by atoms with Gasteiger partial charge in [0.25, 0.3) is 11.5 Å². The summed E-state index contributed by atoms with van der Waals surface area (Å²) in [5, 5.41) is 11.5. The minimum absolute atomic E-state index is 0.0105. The van der Waals surface area contributed by atoms with Crippen LogP contribution in [0.4, 0.5) is 23.2 Å². The fourth-order valence-corrected chi connectivity index (χ4v) is 4.50. The van der Waals surface area contributed by atoms with Crippen LogP contribution in [0.15, 0.2) is 53.3 Å². The molecule has 0 saturated heterocycles. The van der Waals surface area contributed by atoms with Crippen molar-refractivity contribution in [3.8, 4) is 11.5 Å². The Morgan fingerprint density at radius 3 is 2.39 bits per heavy atom. The number of aromatic nitrogens is 2. The van der Waals surface area contributed by atoms with Gasteiger partial charge in [0.2, 0.25) is 0 Å². The van der Waals surface area contributed by atoms with Gasteiger partial charge in [-0.3, -0.25) is 14.2 Å². The zero-order valence-corrected chi connectivity index (χ0v) is 21.0. The predicted octanol–water partition coefficient (Wildman–Crippen LogP) is 6.62. The van der Waals surface area contributed by atoms with Gasteiger partial charge in [0, 0.05) is 11.1 Å².